The number of rotatable bonds is 2. The lowest BCUT2D eigenvalue weighted by Gasteiger charge is -2.33. The van der Waals surface area contributed by atoms with Crippen LogP contribution >= 0.6 is 0 Å². The van der Waals surface area contributed by atoms with Gasteiger partial charge in [-0.1, -0.05) is 19.3 Å². The summed E-state index contributed by atoms with van der Waals surface area (Å²) in [7, 11) is -0.351. The van der Waals surface area contributed by atoms with Crippen molar-refractivity contribution in [3.8, 4) is 0 Å². The van der Waals surface area contributed by atoms with Crippen molar-refractivity contribution in [1.82, 2.24) is 13.9 Å². The third-order valence-corrected chi connectivity index (χ3v) is 6.52. The molecule has 7 heteroatoms. The minimum Gasteiger partial charge on any atom is -0.356 e. The molecule has 2 fully saturated rings. The summed E-state index contributed by atoms with van der Waals surface area (Å²) in [4.78, 5) is 12.3. The molecule has 6 nitrogen and oxygen atoms in total. The molecule has 1 heterocycles. The molecular weight excluding hydrogens is 290 g/mol. The Hall–Kier alpha value is -0.660. The molecule has 0 unspecified atom stereocenters. The minimum atomic E-state index is -3.47. The van der Waals surface area contributed by atoms with Gasteiger partial charge in [0.05, 0.1) is 5.92 Å². The number of hydrogen-bond acceptors (Lipinski definition) is 3. The molecule has 2 rings (SSSR count). The van der Waals surface area contributed by atoms with E-state index in [-0.39, 0.29) is 17.9 Å². The molecule has 0 aromatic heterocycles. The number of carbonyl (C=O) groups excluding carboxylic acids is 1. The van der Waals surface area contributed by atoms with E-state index >= 15 is 0 Å². The zero-order valence-electron chi connectivity index (χ0n) is 13.0. The largest absolute Gasteiger partial charge is 0.356 e. The van der Waals surface area contributed by atoms with Gasteiger partial charge >= 0.3 is 0 Å². The minimum absolute atomic E-state index is 0.0263. The Kier molecular flexibility index (Phi) is 5.62. The molecule has 0 bridgehead atoms. The molecule has 1 saturated carbocycles. The summed E-state index contributed by atoms with van der Waals surface area (Å²) in [5.41, 5.74) is 0. The van der Waals surface area contributed by atoms with E-state index in [0.717, 1.165) is 44.9 Å². The van der Waals surface area contributed by atoms with Crippen LogP contribution in [0.15, 0.2) is 0 Å². The lowest BCUT2D eigenvalue weighted by molar-refractivity contribution is -0.125. The lowest BCUT2D eigenvalue weighted by Crippen LogP contribution is -2.50. The van der Waals surface area contributed by atoms with Crippen molar-refractivity contribution in [2.45, 2.75) is 51.0 Å². The first kappa shape index (κ1) is 16.7. The maximum Gasteiger partial charge on any atom is 0.281 e. The predicted molar refractivity (Wildman–Crippen MR) is 81.9 cm³/mol. The van der Waals surface area contributed by atoms with Gasteiger partial charge in [0, 0.05) is 33.2 Å². The van der Waals surface area contributed by atoms with Gasteiger partial charge in [-0.05, 0) is 25.7 Å². The van der Waals surface area contributed by atoms with Gasteiger partial charge < -0.3 is 5.32 Å². The molecule has 122 valence electrons. The molecule has 0 aromatic rings. The van der Waals surface area contributed by atoms with Crippen molar-refractivity contribution in [1.29, 1.82) is 0 Å². The normalized spacial score (nSPS) is 29.8. The quantitative estimate of drug-likeness (QED) is 0.824. The zero-order chi connectivity index (χ0) is 15.5. The Morgan fingerprint density at radius 1 is 1.10 bits per heavy atom. The highest BCUT2D eigenvalue weighted by molar-refractivity contribution is 7.86. The van der Waals surface area contributed by atoms with Crippen LogP contribution in [-0.4, -0.2) is 56.2 Å². The van der Waals surface area contributed by atoms with Gasteiger partial charge in [0.1, 0.15) is 0 Å². The van der Waals surface area contributed by atoms with Crippen LogP contribution in [0.4, 0.5) is 0 Å². The second-order valence-corrected chi connectivity index (χ2v) is 8.31. The molecule has 0 radical (unpaired) electrons. The first-order valence-corrected chi connectivity index (χ1v) is 9.31. The Morgan fingerprint density at radius 2 is 1.81 bits per heavy atom. The third-order valence-electron chi connectivity index (χ3n) is 4.55. The summed E-state index contributed by atoms with van der Waals surface area (Å²) >= 11 is 0. The molecule has 2 aliphatic rings. The molecule has 1 amide bonds. The highest BCUT2D eigenvalue weighted by atomic mass is 32.2. The van der Waals surface area contributed by atoms with Gasteiger partial charge in [0.25, 0.3) is 10.2 Å². The first-order valence-electron chi connectivity index (χ1n) is 7.91. The van der Waals surface area contributed by atoms with E-state index in [4.69, 9.17) is 0 Å². The Bertz CT molecular complexity index is 464. The van der Waals surface area contributed by atoms with Crippen LogP contribution in [-0.2, 0) is 15.0 Å². The zero-order valence-corrected chi connectivity index (χ0v) is 13.9. The average Bonchev–Trinajstić information content (AvgIpc) is 2.88. The molecule has 2 atom stereocenters. The predicted octanol–water partition coefficient (Wildman–Crippen LogP) is 0.954. The van der Waals surface area contributed by atoms with E-state index in [9.17, 15) is 13.2 Å². The molecule has 21 heavy (non-hydrogen) atoms. The second kappa shape index (κ2) is 7.07. The summed E-state index contributed by atoms with van der Waals surface area (Å²) in [5.74, 6) is -0.170. The second-order valence-electron chi connectivity index (χ2n) is 6.21. The first-order chi connectivity index (χ1) is 9.94. The van der Waals surface area contributed by atoms with Gasteiger partial charge in [-0.25, -0.2) is 0 Å². The van der Waals surface area contributed by atoms with E-state index in [1.807, 2.05) is 0 Å². The maximum absolute atomic E-state index is 12.6. The fourth-order valence-corrected chi connectivity index (χ4v) is 4.72. The van der Waals surface area contributed by atoms with Crippen LogP contribution in [0.25, 0.3) is 0 Å². The smallest absolute Gasteiger partial charge is 0.281 e. The van der Waals surface area contributed by atoms with E-state index in [1.165, 1.54) is 4.31 Å². The van der Waals surface area contributed by atoms with Gasteiger partial charge in [0.2, 0.25) is 5.91 Å². The Morgan fingerprint density at radius 3 is 2.52 bits per heavy atom. The van der Waals surface area contributed by atoms with Crippen LogP contribution in [0.3, 0.4) is 0 Å². The third kappa shape index (κ3) is 3.76. The number of amides is 1. The monoisotopic (exact) mass is 317 g/mol. The molecule has 0 aromatic carbocycles. The highest BCUT2D eigenvalue weighted by Crippen LogP contribution is 2.33. The van der Waals surface area contributed by atoms with Gasteiger partial charge in [-0.2, -0.15) is 17.0 Å². The van der Waals surface area contributed by atoms with Crippen molar-refractivity contribution in [2.24, 2.45) is 5.92 Å². The number of nitrogens with zero attached hydrogens (tertiary/aromatic N) is 2. The van der Waals surface area contributed by atoms with Crippen molar-refractivity contribution in [3.05, 3.63) is 0 Å². The van der Waals surface area contributed by atoms with Crippen molar-refractivity contribution in [2.75, 3.05) is 27.2 Å². The average molecular weight is 317 g/mol. The molecule has 1 aliphatic heterocycles. The molecule has 0 spiro atoms. The van der Waals surface area contributed by atoms with E-state index in [2.05, 4.69) is 5.32 Å². The molecule has 1 saturated heterocycles. The van der Waals surface area contributed by atoms with Gasteiger partial charge in [-0.15, -0.1) is 0 Å². The number of nitrogens with one attached hydrogen (secondary N) is 1. The SMILES string of the molecule is CN(C)S(=O)(=O)N1CCCCCCNC(=O)[C@@H]2CCC[C@@H]21. The highest BCUT2D eigenvalue weighted by Gasteiger charge is 2.42. The number of hydrogen-bond donors (Lipinski definition) is 1. The summed E-state index contributed by atoms with van der Waals surface area (Å²) in [6, 6.07) is -0.185. The number of carbonyl (C=O) groups is 1. The van der Waals surface area contributed by atoms with Crippen molar-refractivity contribution < 1.29 is 13.2 Å². The lowest BCUT2D eigenvalue weighted by atomic mass is 10.0. The van der Waals surface area contributed by atoms with Crippen LogP contribution < -0.4 is 5.32 Å². The van der Waals surface area contributed by atoms with Crippen LogP contribution in [0.2, 0.25) is 0 Å². The van der Waals surface area contributed by atoms with Crippen molar-refractivity contribution in [3.63, 3.8) is 0 Å². The molecule has 1 N–H and O–H groups in total. The number of fused-ring (bicyclic) bond motifs is 1. The van der Waals surface area contributed by atoms with E-state index < -0.39 is 10.2 Å². The Balaban J connectivity index is 2.27. The summed E-state index contributed by atoms with van der Waals surface area (Å²) in [6.45, 7) is 1.23. The topological polar surface area (TPSA) is 69.7 Å². The van der Waals surface area contributed by atoms with Crippen LogP contribution in [0.1, 0.15) is 44.9 Å². The van der Waals surface area contributed by atoms with Gasteiger partial charge in [0.15, 0.2) is 0 Å². The molecule has 1 aliphatic carbocycles. The standard InChI is InChI=1S/C14H27N3O3S/c1-16(2)21(19,20)17-11-6-4-3-5-10-15-14(18)12-8-7-9-13(12)17/h12-13H,3-11H2,1-2H3,(H,15,18)/t12-,13+/m1/s1. The fourth-order valence-electron chi connectivity index (χ4n) is 3.34. The van der Waals surface area contributed by atoms with Crippen LogP contribution in [0, 0.1) is 5.92 Å². The fraction of sp³-hybridized carbons (Fsp3) is 0.929. The summed E-state index contributed by atoms with van der Waals surface area (Å²) in [5, 5.41) is 2.98. The van der Waals surface area contributed by atoms with Gasteiger partial charge in [-0.3, -0.25) is 4.79 Å². The Labute approximate surface area is 128 Å². The van der Waals surface area contributed by atoms with E-state index in [1.54, 1.807) is 18.4 Å². The van der Waals surface area contributed by atoms with E-state index in [0.29, 0.717) is 13.1 Å². The maximum atomic E-state index is 12.6. The summed E-state index contributed by atoms with van der Waals surface area (Å²) < 4.78 is 28.1. The van der Waals surface area contributed by atoms with Crippen molar-refractivity contribution >= 4 is 16.1 Å². The molecular formula is C14H27N3O3S. The summed E-state index contributed by atoms with van der Waals surface area (Å²) in [6.07, 6.45) is 6.37. The van der Waals surface area contributed by atoms with Crippen LogP contribution in [0.5, 0.6) is 0 Å².